The molecule has 0 saturated carbocycles. The van der Waals surface area contributed by atoms with Crippen LogP contribution in [0.25, 0.3) is 0 Å². The average molecular weight is 161 g/mol. The van der Waals surface area contributed by atoms with Gasteiger partial charge in [0.25, 0.3) is 0 Å². The van der Waals surface area contributed by atoms with E-state index in [0.717, 1.165) is 5.54 Å². The lowest BCUT2D eigenvalue weighted by molar-refractivity contribution is 1.04. The standard InChI is InChI=1S/C6H19NSi2/c1-6(2)8-7-9(3,4)5/h6-7H,8H2,1-5H3. The molecule has 1 nitrogen and oxygen atoms in total. The Kier molecular flexibility index (Phi) is 3.69. The summed E-state index contributed by atoms with van der Waals surface area (Å²) in [4.78, 5) is 0. The van der Waals surface area contributed by atoms with E-state index in [2.05, 4.69) is 38.1 Å². The monoisotopic (exact) mass is 161 g/mol. The lowest BCUT2D eigenvalue weighted by Gasteiger charge is -2.19. The lowest BCUT2D eigenvalue weighted by Crippen LogP contribution is -2.44. The number of hydrogen-bond acceptors (Lipinski definition) is 1. The van der Waals surface area contributed by atoms with Gasteiger partial charge in [-0.1, -0.05) is 33.5 Å². The molecular formula is C6H19NSi2. The maximum atomic E-state index is 3.70. The third-order valence-corrected chi connectivity index (χ3v) is 6.92. The first-order chi connectivity index (χ1) is 3.92. The van der Waals surface area contributed by atoms with Crippen molar-refractivity contribution < 1.29 is 0 Å². The Labute approximate surface area is 62.2 Å². The quantitative estimate of drug-likeness (QED) is 0.616. The minimum atomic E-state index is -0.908. The Hall–Kier alpha value is 0.394. The van der Waals surface area contributed by atoms with Crippen LogP contribution in [0.2, 0.25) is 25.2 Å². The third kappa shape index (κ3) is 8.39. The Morgan fingerprint density at radius 2 is 1.67 bits per heavy atom. The predicted molar refractivity (Wildman–Crippen MR) is 50.1 cm³/mol. The normalized spacial score (nSPS) is 14.0. The molecule has 0 aromatic rings. The Morgan fingerprint density at radius 1 is 1.22 bits per heavy atom. The van der Waals surface area contributed by atoms with Crippen molar-refractivity contribution in [3.05, 3.63) is 0 Å². The first kappa shape index (κ1) is 9.39. The van der Waals surface area contributed by atoms with Gasteiger partial charge >= 0.3 is 0 Å². The second kappa shape index (κ2) is 3.53. The van der Waals surface area contributed by atoms with Crippen LogP contribution in [-0.2, 0) is 0 Å². The van der Waals surface area contributed by atoms with E-state index in [-0.39, 0.29) is 9.68 Å². The summed E-state index contributed by atoms with van der Waals surface area (Å²) in [6.45, 7) is 11.7. The van der Waals surface area contributed by atoms with Gasteiger partial charge in [0.2, 0.25) is 0 Å². The summed E-state index contributed by atoms with van der Waals surface area (Å²) in [5.74, 6) is 0. The maximum absolute atomic E-state index is 3.70. The van der Waals surface area contributed by atoms with Gasteiger partial charge in [-0.15, -0.1) is 0 Å². The van der Waals surface area contributed by atoms with Crippen LogP contribution >= 0.6 is 0 Å². The number of rotatable bonds is 3. The van der Waals surface area contributed by atoms with Crippen LogP contribution in [0.15, 0.2) is 0 Å². The van der Waals surface area contributed by atoms with E-state index >= 15 is 0 Å². The van der Waals surface area contributed by atoms with Gasteiger partial charge in [0.15, 0.2) is 0 Å². The molecule has 0 spiro atoms. The molecule has 0 radical (unpaired) electrons. The minimum absolute atomic E-state index is 0.0536. The summed E-state index contributed by atoms with van der Waals surface area (Å²) >= 11 is 0. The highest BCUT2D eigenvalue weighted by molar-refractivity contribution is 6.79. The smallest absolute Gasteiger partial charge is 0.109 e. The van der Waals surface area contributed by atoms with E-state index in [1.807, 2.05) is 0 Å². The summed E-state index contributed by atoms with van der Waals surface area (Å²) in [5, 5.41) is 0. The summed E-state index contributed by atoms with van der Waals surface area (Å²) in [5.41, 5.74) is 0.928. The van der Waals surface area contributed by atoms with Crippen molar-refractivity contribution in [3.8, 4) is 0 Å². The summed E-state index contributed by atoms with van der Waals surface area (Å²) in [6, 6.07) is 0. The van der Waals surface area contributed by atoms with E-state index in [4.69, 9.17) is 0 Å². The molecular weight excluding hydrogens is 142 g/mol. The van der Waals surface area contributed by atoms with Crippen LogP contribution in [0.1, 0.15) is 13.8 Å². The molecule has 1 N–H and O–H groups in total. The van der Waals surface area contributed by atoms with Crippen molar-refractivity contribution in [1.82, 2.24) is 4.65 Å². The van der Waals surface area contributed by atoms with Crippen LogP contribution in [0.3, 0.4) is 0 Å². The van der Waals surface area contributed by atoms with Crippen LogP contribution in [-0.4, -0.2) is 17.9 Å². The van der Waals surface area contributed by atoms with E-state index in [0.29, 0.717) is 0 Å². The zero-order valence-corrected chi connectivity index (χ0v) is 9.70. The highest BCUT2D eigenvalue weighted by Crippen LogP contribution is 1.98. The molecule has 0 atom stereocenters. The molecule has 0 bridgehead atoms. The number of hydrogen-bond donors (Lipinski definition) is 1. The van der Waals surface area contributed by atoms with Crippen molar-refractivity contribution in [2.75, 3.05) is 0 Å². The molecule has 56 valence electrons. The zero-order valence-electron chi connectivity index (χ0n) is 7.28. The Bertz CT molecular complexity index is 75.6. The van der Waals surface area contributed by atoms with E-state index in [1.165, 1.54) is 0 Å². The molecule has 0 saturated heterocycles. The van der Waals surface area contributed by atoms with Gasteiger partial charge in [-0.25, -0.2) is 0 Å². The zero-order chi connectivity index (χ0) is 7.49. The van der Waals surface area contributed by atoms with Crippen molar-refractivity contribution in [3.63, 3.8) is 0 Å². The van der Waals surface area contributed by atoms with Crippen LogP contribution in [0.5, 0.6) is 0 Å². The molecule has 0 aromatic heterocycles. The van der Waals surface area contributed by atoms with Gasteiger partial charge in [-0.2, -0.15) is 0 Å². The highest BCUT2D eigenvalue weighted by Gasteiger charge is 2.11. The molecule has 0 rings (SSSR count). The van der Waals surface area contributed by atoms with Crippen molar-refractivity contribution in [2.24, 2.45) is 0 Å². The average Bonchev–Trinajstić information content (AvgIpc) is 1.59. The largest absolute Gasteiger partial charge is 0.364 e. The van der Waals surface area contributed by atoms with E-state index < -0.39 is 8.24 Å². The van der Waals surface area contributed by atoms with Crippen molar-refractivity contribution >= 4 is 17.9 Å². The molecule has 0 aromatic carbocycles. The summed E-state index contributed by atoms with van der Waals surface area (Å²) in [6.07, 6.45) is 0. The number of nitrogens with one attached hydrogen (secondary N) is 1. The van der Waals surface area contributed by atoms with E-state index in [9.17, 15) is 0 Å². The van der Waals surface area contributed by atoms with E-state index in [1.54, 1.807) is 0 Å². The molecule has 0 aliphatic carbocycles. The molecule has 0 fully saturated rings. The molecule has 9 heavy (non-hydrogen) atoms. The van der Waals surface area contributed by atoms with Crippen LogP contribution in [0, 0.1) is 0 Å². The van der Waals surface area contributed by atoms with Crippen molar-refractivity contribution in [1.29, 1.82) is 0 Å². The van der Waals surface area contributed by atoms with Gasteiger partial charge in [0.1, 0.15) is 8.24 Å². The van der Waals surface area contributed by atoms with Crippen LogP contribution < -0.4 is 4.65 Å². The van der Waals surface area contributed by atoms with Crippen LogP contribution in [0.4, 0.5) is 0 Å². The van der Waals surface area contributed by atoms with Gasteiger partial charge < -0.3 is 4.65 Å². The molecule has 0 heterocycles. The van der Waals surface area contributed by atoms with Gasteiger partial charge in [0, 0.05) is 0 Å². The van der Waals surface area contributed by atoms with Gasteiger partial charge in [-0.3, -0.25) is 0 Å². The third-order valence-electron chi connectivity index (χ3n) is 1.04. The minimum Gasteiger partial charge on any atom is -0.364 e. The molecule has 0 unspecified atom stereocenters. The second-order valence-electron chi connectivity index (χ2n) is 4.02. The fourth-order valence-electron chi connectivity index (χ4n) is 0.510. The Balaban J connectivity index is 3.28. The second-order valence-corrected chi connectivity index (χ2v) is 12.0. The first-order valence-corrected chi connectivity index (χ1v) is 8.69. The Morgan fingerprint density at radius 3 is 1.78 bits per heavy atom. The lowest BCUT2D eigenvalue weighted by atomic mass is 10.6. The van der Waals surface area contributed by atoms with Gasteiger partial charge in [0.05, 0.1) is 9.68 Å². The fraction of sp³-hybridized carbons (Fsp3) is 1.00. The molecule has 3 heteroatoms. The maximum Gasteiger partial charge on any atom is 0.109 e. The highest BCUT2D eigenvalue weighted by atomic mass is 28.4. The topological polar surface area (TPSA) is 12.0 Å². The predicted octanol–water partition coefficient (Wildman–Crippen LogP) is 1.32. The summed E-state index contributed by atoms with van der Waals surface area (Å²) < 4.78 is 3.70. The molecule has 0 aliphatic rings. The first-order valence-electron chi connectivity index (χ1n) is 3.67. The van der Waals surface area contributed by atoms with Crippen molar-refractivity contribution in [2.45, 2.75) is 39.0 Å². The summed E-state index contributed by atoms with van der Waals surface area (Å²) in [7, 11) is -0.855. The SMILES string of the molecule is CC(C)[SiH2]N[Si](C)(C)C. The molecule has 0 aliphatic heterocycles. The van der Waals surface area contributed by atoms with Gasteiger partial charge in [-0.05, 0) is 5.54 Å². The fourth-order valence-corrected chi connectivity index (χ4v) is 4.59. The molecule has 0 amide bonds.